The molecule has 1 aromatic rings. The van der Waals surface area contributed by atoms with Gasteiger partial charge in [-0.25, -0.2) is 0 Å². The molecule has 0 bridgehead atoms. The monoisotopic (exact) mass is 336 g/mol. The number of likely N-dealkylation sites (tertiary alicyclic amines) is 1. The van der Waals surface area contributed by atoms with Crippen LogP contribution in [0.1, 0.15) is 37.0 Å². The standard InChI is InChI=1S/C17H24N2O5/c1-12(2)19(10-15(20)23-3)17(22)13-4-7-18(8-5-13)16(21)14-6-9-24-11-14/h6,9,11-13H,4-5,7-8,10H2,1-3H3. The molecule has 0 saturated carbocycles. The molecule has 0 spiro atoms. The summed E-state index contributed by atoms with van der Waals surface area (Å²) in [5.74, 6) is -0.731. The van der Waals surface area contributed by atoms with Crippen LogP contribution < -0.4 is 0 Å². The Hall–Kier alpha value is -2.31. The summed E-state index contributed by atoms with van der Waals surface area (Å²) in [5, 5.41) is 0. The summed E-state index contributed by atoms with van der Waals surface area (Å²) in [6.45, 7) is 4.74. The van der Waals surface area contributed by atoms with Crippen LogP contribution in [-0.2, 0) is 14.3 Å². The number of nitrogens with zero attached hydrogens (tertiary/aromatic N) is 2. The molecule has 1 aromatic heterocycles. The van der Waals surface area contributed by atoms with Gasteiger partial charge in [0.15, 0.2) is 0 Å². The molecule has 1 fully saturated rings. The maximum Gasteiger partial charge on any atom is 0.325 e. The number of esters is 1. The third-order valence-electron chi connectivity index (χ3n) is 4.33. The third-order valence-corrected chi connectivity index (χ3v) is 4.33. The molecular weight excluding hydrogens is 312 g/mol. The summed E-state index contributed by atoms with van der Waals surface area (Å²) in [6.07, 6.45) is 4.08. The molecule has 2 rings (SSSR count). The number of furan rings is 1. The van der Waals surface area contributed by atoms with Gasteiger partial charge in [0.1, 0.15) is 12.8 Å². The Kier molecular flexibility index (Phi) is 6.00. The second-order valence-corrected chi connectivity index (χ2v) is 6.21. The molecule has 0 atom stereocenters. The van der Waals surface area contributed by atoms with Gasteiger partial charge in [0, 0.05) is 25.0 Å². The Morgan fingerprint density at radius 2 is 2.00 bits per heavy atom. The van der Waals surface area contributed by atoms with Gasteiger partial charge in [0.25, 0.3) is 5.91 Å². The molecule has 132 valence electrons. The second-order valence-electron chi connectivity index (χ2n) is 6.21. The first kappa shape index (κ1) is 18.0. The number of carbonyl (C=O) groups is 3. The van der Waals surface area contributed by atoms with Gasteiger partial charge in [-0.05, 0) is 32.8 Å². The Labute approximate surface area is 141 Å². The average molecular weight is 336 g/mol. The van der Waals surface area contributed by atoms with Gasteiger partial charge < -0.3 is 19.0 Å². The minimum absolute atomic E-state index is 0.0405. The Balaban J connectivity index is 1.93. The number of hydrogen-bond donors (Lipinski definition) is 0. The highest BCUT2D eigenvalue weighted by Crippen LogP contribution is 2.22. The molecule has 0 radical (unpaired) electrons. The highest BCUT2D eigenvalue weighted by atomic mass is 16.5. The lowest BCUT2D eigenvalue weighted by Gasteiger charge is -2.35. The maximum atomic E-state index is 12.7. The normalized spacial score (nSPS) is 15.4. The van der Waals surface area contributed by atoms with Crippen molar-refractivity contribution in [3.05, 3.63) is 24.2 Å². The van der Waals surface area contributed by atoms with Crippen molar-refractivity contribution in [1.29, 1.82) is 0 Å². The van der Waals surface area contributed by atoms with Gasteiger partial charge in [0.2, 0.25) is 5.91 Å². The predicted molar refractivity (Wildman–Crippen MR) is 86.2 cm³/mol. The number of methoxy groups -OCH3 is 1. The molecule has 1 aliphatic rings. The van der Waals surface area contributed by atoms with Gasteiger partial charge >= 0.3 is 5.97 Å². The van der Waals surface area contributed by atoms with Crippen LogP contribution in [0.3, 0.4) is 0 Å². The number of hydrogen-bond acceptors (Lipinski definition) is 5. The smallest absolute Gasteiger partial charge is 0.325 e. The predicted octanol–water partition coefficient (Wildman–Crippen LogP) is 1.54. The largest absolute Gasteiger partial charge is 0.472 e. The fraction of sp³-hybridized carbons (Fsp3) is 0.588. The molecule has 0 aromatic carbocycles. The van der Waals surface area contributed by atoms with E-state index in [1.54, 1.807) is 15.9 Å². The quantitative estimate of drug-likeness (QED) is 0.762. The number of rotatable bonds is 5. The first-order chi connectivity index (χ1) is 11.4. The van der Waals surface area contributed by atoms with E-state index in [4.69, 9.17) is 4.42 Å². The molecule has 2 heterocycles. The molecule has 1 saturated heterocycles. The number of ether oxygens (including phenoxy) is 1. The van der Waals surface area contributed by atoms with Crippen LogP contribution in [0.2, 0.25) is 0 Å². The molecule has 24 heavy (non-hydrogen) atoms. The van der Waals surface area contributed by atoms with Gasteiger partial charge in [-0.2, -0.15) is 0 Å². The summed E-state index contributed by atoms with van der Waals surface area (Å²) >= 11 is 0. The van der Waals surface area contributed by atoms with Crippen LogP contribution in [0.5, 0.6) is 0 Å². The summed E-state index contributed by atoms with van der Waals surface area (Å²) in [4.78, 5) is 39.8. The van der Waals surface area contributed by atoms with Crippen molar-refractivity contribution < 1.29 is 23.5 Å². The maximum absolute atomic E-state index is 12.7. The van der Waals surface area contributed by atoms with E-state index >= 15 is 0 Å². The van der Waals surface area contributed by atoms with E-state index in [2.05, 4.69) is 4.74 Å². The van der Waals surface area contributed by atoms with Crippen LogP contribution in [0, 0.1) is 5.92 Å². The zero-order valence-electron chi connectivity index (χ0n) is 14.4. The van der Waals surface area contributed by atoms with Crippen molar-refractivity contribution in [2.24, 2.45) is 5.92 Å². The van der Waals surface area contributed by atoms with E-state index in [1.165, 1.54) is 19.6 Å². The molecule has 0 unspecified atom stereocenters. The van der Waals surface area contributed by atoms with E-state index in [1.807, 2.05) is 13.8 Å². The van der Waals surface area contributed by atoms with Gasteiger partial charge in [-0.1, -0.05) is 0 Å². The van der Waals surface area contributed by atoms with Crippen molar-refractivity contribution in [2.45, 2.75) is 32.7 Å². The van der Waals surface area contributed by atoms with Crippen LogP contribution in [-0.4, -0.2) is 60.4 Å². The van der Waals surface area contributed by atoms with Crippen molar-refractivity contribution in [3.8, 4) is 0 Å². The van der Waals surface area contributed by atoms with Gasteiger partial charge in [0.05, 0.1) is 18.9 Å². The van der Waals surface area contributed by atoms with Crippen LogP contribution in [0.15, 0.2) is 23.0 Å². The van der Waals surface area contributed by atoms with Gasteiger partial charge in [-0.3, -0.25) is 14.4 Å². The summed E-state index contributed by atoms with van der Waals surface area (Å²) < 4.78 is 9.60. The molecule has 0 N–H and O–H groups in total. The zero-order chi connectivity index (χ0) is 17.7. The lowest BCUT2D eigenvalue weighted by Crippen LogP contribution is -2.48. The van der Waals surface area contributed by atoms with Gasteiger partial charge in [-0.15, -0.1) is 0 Å². The number of piperidine rings is 1. The van der Waals surface area contributed by atoms with Crippen LogP contribution in [0.4, 0.5) is 0 Å². The molecule has 7 nitrogen and oxygen atoms in total. The molecule has 7 heteroatoms. The fourth-order valence-electron chi connectivity index (χ4n) is 2.85. The highest BCUT2D eigenvalue weighted by molar-refractivity contribution is 5.94. The van der Waals surface area contributed by atoms with E-state index in [-0.39, 0.29) is 30.3 Å². The second kappa shape index (κ2) is 7.99. The molecule has 0 aliphatic carbocycles. The Morgan fingerprint density at radius 3 is 2.50 bits per heavy atom. The molecule has 2 amide bonds. The van der Waals surface area contributed by atoms with E-state index in [0.29, 0.717) is 31.5 Å². The minimum atomic E-state index is -0.426. The first-order valence-corrected chi connectivity index (χ1v) is 8.12. The lowest BCUT2D eigenvalue weighted by atomic mass is 9.94. The Bertz CT molecular complexity index is 574. The number of carbonyl (C=O) groups excluding carboxylic acids is 3. The van der Waals surface area contributed by atoms with E-state index in [0.717, 1.165) is 0 Å². The summed E-state index contributed by atoms with van der Waals surface area (Å²) in [7, 11) is 1.31. The average Bonchev–Trinajstić information content (AvgIpc) is 3.12. The summed E-state index contributed by atoms with van der Waals surface area (Å²) in [5.41, 5.74) is 0.522. The van der Waals surface area contributed by atoms with Crippen molar-refractivity contribution in [2.75, 3.05) is 26.7 Å². The fourth-order valence-corrected chi connectivity index (χ4v) is 2.85. The zero-order valence-corrected chi connectivity index (χ0v) is 14.4. The first-order valence-electron chi connectivity index (χ1n) is 8.12. The lowest BCUT2D eigenvalue weighted by molar-refractivity contribution is -0.150. The minimum Gasteiger partial charge on any atom is -0.472 e. The van der Waals surface area contributed by atoms with Crippen molar-refractivity contribution >= 4 is 17.8 Å². The topological polar surface area (TPSA) is 80.1 Å². The van der Waals surface area contributed by atoms with Crippen LogP contribution in [0.25, 0.3) is 0 Å². The number of amides is 2. The summed E-state index contributed by atoms with van der Waals surface area (Å²) in [6, 6.07) is 1.55. The van der Waals surface area contributed by atoms with E-state index in [9.17, 15) is 14.4 Å². The van der Waals surface area contributed by atoms with E-state index < -0.39 is 5.97 Å². The molecule has 1 aliphatic heterocycles. The Morgan fingerprint density at radius 1 is 1.33 bits per heavy atom. The van der Waals surface area contributed by atoms with Crippen molar-refractivity contribution in [3.63, 3.8) is 0 Å². The van der Waals surface area contributed by atoms with Crippen LogP contribution >= 0.6 is 0 Å². The third kappa shape index (κ3) is 4.15. The molecular formula is C17H24N2O5. The SMILES string of the molecule is COC(=O)CN(C(=O)C1CCN(C(=O)c2ccoc2)CC1)C(C)C. The van der Waals surface area contributed by atoms with Crippen molar-refractivity contribution in [1.82, 2.24) is 9.80 Å². The highest BCUT2D eigenvalue weighted by Gasteiger charge is 2.32.